The predicted octanol–water partition coefficient (Wildman–Crippen LogP) is 2.65. The largest absolute Gasteiger partial charge is 0.383 e. The summed E-state index contributed by atoms with van der Waals surface area (Å²) in [4.78, 5) is 5.00. The van der Waals surface area contributed by atoms with Crippen LogP contribution < -0.4 is 5.32 Å². The van der Waals surface area contributed by atoms with Crippen molar-refractivity contribution in [2.75, 3.05) is 44.6 Å². The maximum atomic E-state index is 8.87. The number of hydrogen-bond donors (Lipinski definition) is 1. The number of anilines is 1. The molecule has 21 heavy (non-hydrogen) atoms. The van der Waals surface area contributed by atoms with Crippen molar-refractivity contribution in [3.63, 3.8) is 0 Å². The van der Waals surface area contributed by atoms with Crippen molar-refractivity contribution in [3.05, 3.63) is 28.8 Å². The van der Waals surface area contributed by atoms with Crippen LogP contribution in [0.25, 0.3) is 0 Å². The highest BCUT2D eigenvalue weighted by atomic mass is 35.5. The second kappa shape index (κ2) is 7.65. The first kappa shape index (κ1) is 16.1. The van der Waals surface area contributed by atoms with Crippen LogP contribution in [0.4, 0.5) is 5.69 Å². The van der Waals surface area contributed by atoms with Gasteiger partial charge in [0.25, 0.3) is 0 Å². The Morgan fingerprint density at radius 3 is 2.62 bits per heavy atom. The number of rotatable bonds is 5. The molecule has 1 heterocycles. The zero-order valence-corrected chi connectivity index (χ0v) is 13.5. The van der Waals surface area contributed by atoms with Crippen LogP contribution in [0.2, 0.25) is 5.02 Å². The number of likely N-dealkylation sites (N-methyl/N-ethyl adjacent to an activating group) is 1. The van der Waals surface area contributed by atoms with Crippen LogP contribution in [-0.4, -0.2) is 55.1 Å². The molecule has 1 fully saturated rings. The number of nitriles is 1. The fourth-order valence-corrected chi connectivity index (χ4v) is 2.85. The van der Waals surface area contributed by atoms with Gasteiger partial charge < -0.3 is 10.2 Å². The Kier molecular flexibility index (Phi) is 5.86. The van der Waals surface area contributed by atoms with Gasteiger partial charge in [-0.1, -0.05) is 18.5 Å². The second-order valence-corrected chi connectivity index (χ2v) is 5.91. The first-order chi connectivity index (χ1) is 10.1. The van der Waals surface area contributed by atoms with E-state index < -0.39 is 0 Å². The number of halogens is 1. The van der Waals surface area contributed by atoms with Crippen molar-refractivity contribution in [2.24, 2.45) is 0 Å². The van der Waals surface area contributed by atoms with E-state index in [1.807, 2.05) is 12.1 Å². The Balaban J connectivity index is 1.83. The number of nitrogens with zero attached hydrogens (tertiary/aromatic N) is 3. The fraction of sp³-hybridized carbons (Fsp3) is 0.562. The van der Waals surface area contributed by atoms with E-state index >= 15 is 0 Å². The van der Waals surface area contributed by atoms with E-state index in [1.54, 1.807) is 6.07 Å². The lowest BCUT2D eigenvalue weighted by molar-refractivity contribution is 0.110. The molecule has 0 aromatic heterocycles. The number of nitrogens with one attached hydrogen (secondary N) is 1. The molecule has 4 nitrogen and oxygen atoms in total. The molecular formula is C16H23ClN4. The summed E-state index contributed by atoms with van der Waals surface area (Å²) in [6, 6.07) is 8.05. The minimum absolute atomic E-state index is 0.485. The summed E-state index contributed by atoms with van der Waals surface area (Å²) < 4.78 is 0. The lowest BCUT2D eigenvalue weighted by Crippen LogP contribution is -2.50. The van der Waals surface area contributed by atoms with Crippen molar-refractivity contribution < 1.29 is 0 Å². The van der Waals surface area contributed by atoms with Gasteiger partial charge in [-0.15, -0.1) is 0 Å². The van der Waals surface area contributed by atoms with Crippen LogP contribution in [0, 0.1) is 11.3 Å². The molecule has 5 heteroatoms. The van der Waals surface area contributed by atoms with E-state index in [4.69, 9.17) is 16.9 Å². The van der Waals surface area contributed by atoms with Crippen molar-refractivity contribution in [1.29, 1.82) is 5.26 Å². The minimum atomic E-state index is 0.485. The van der Waals surface area contributed by atoms with E-state index in [9.17, 15) is 0 Å². The molecule has 1 unspecified atom stereocenters. The van der Waals surface area contributed by atoms with Gasteiger partial charge in [0.1, 0.15) is 6.07 Å². The topological polar surface area (TPSA) is 42.3 Å². The van der Waals surface area contributed by atoms with Crippen LogP contribution >= 0.6 is 11.6 Å². The summed E-state index contributed by atoms with van der Waals surface area (Å²) in [5.41, 5.74) is 1.49. The molecule has 1 atom stereocenters. The molecule has 1 aliphatic rings. The van der Waals surface area contributed by atoms with Gasteiger partial charge >= 0.3 is 0 Å². The zero-order valence-electron chi connectivity index (χ0n) is 12.8. The molecule has 0 radical (unpaired) electrons. The van der Waals surface area contributed by atoms with E-state index in [0.717, 1.165) is 45.0 Å². The molecule has 1 saturated heterocycles. The van der Waals surface area contributed by atoms with Crippen LogP contribution in [0.1, 0.15) is 19.4 Å². The van der Waals surface area contributed by atoms with Crippen LogP contribution in [0.15, 0.2) is 18.2 Å². The highest BCUT2D eigenvalue weighted by molar-refractivity contribution is 6.32. The molecular weight excluding hydrogens is 284 g/mol. The Morgan fingerprint density at radius 1 is 1.33 bits per heavy atom. The maximum absolute atomic E-state index is 8.87. The average Bonchev–Trinajstić information content (AvgIpc) is 2.52. The predicted molar refractivity (Wildman–Crippen MR) is 87.8 cm³/mol. The lowest BCUT2D eigenvalue weighted by atomic mass is 10.2. The molecule has 0 amide bonds. The maximum Gasteiger partial charge on any atom is 0.101 e. The molecule has 1 aromatic rings. The van der Waals surface area contributed by atoms with Gasteiger partial charge in [0, 0.05) is 44.5 Å². The van der Waals surface area contributed by atoms with Crippen LogP contribution in [0.5, 0.6) is 0 Å². The van der Waals surface area contributed by atoms with Crippen LogP contribution in [-0.2, 0) is 0 Å². The Labute approximate surface area is 132 Å². The van der Waals surface area contributed by atoms with Crippen molar-refractivity contribution in [1.82, 2.24) is 9.80 Å². The third kappa shape index (κ3) is 4.34. The van der Waals surface area contributed by atoms with Gasteiger partial charge in [-0.05, 0) is 31.7 Å². The standard InChI is InChI=1S/C16H23ClN4/c1-3-20-6-8-21(9-7-20)13(2)12-19-15-5-4-14(11-18)16(17)10-15/h4-5,10,13,19H,3,6-9,12H2,1-2H3. The third-order valence-corrected chi connectivity index (χ3v) is 4.48. The smallest absolute Gasteiger partial charge is 0.101 e. The lowest BCUT2D eigenvalue weighted by Gasteiger charge is -2.37. The second-order valence-electron chi connectivity index (χ2n) is 5.51. The molecule has 1 aliphatic heterocycles. The quantitative estimate of drug-likeness (QED) is 0.908. The number of hydrogen-bond acceptors (Lipinski definition) is 4. The van der Waals surface area contributed by atoms with Gasteiger partial charge in [0.05, 0.1) is 10.6 Å². The van der Waals surface area contributed by atoms with E-state index in [-0.39, 0.29) is 0 Å². The summed E-state index contributed by atoms with van der Waals surface area (Å²) in [6.07, 6.45) is 0. The van der Waals surface area contributed by atoms with Crippen molar-refractivity contribution in [2.45, 2.75) is 19.9 Å². The molecule has 0 bridgehead atoms. The summed E-state index contributed by atoms with van der Waals surface area (Å²) in [5.74, 6) is 0. The summed E-state index contributed by atoms with van der Waals surface area (Å²) in [7, 11) is 0. The van der Waals surface area contributed by atoms with Gasteiger partial charge in [-0.2, -0.15) is 5.26 Å². The summed E-state index contributed by atoms with van der Waals surface area (Å²) in [5, 5.41) is 12.8. The molecule has 0 saturated carbocycles. The first-order valence-corrected chi connectivity index (χ1v) is 7.91. The molecule has 2 rings (SSSR count). The fourth-order valence-electron chi connectivity index (χ4n) is 2.63. The molecule has 1 aromatic carbocycles. The van der Waals surface area contributed by atoms with Gasteiger partial charge in [0.2, 0.25) is 0 Å². The number of benzene rings is 1. The van der Waals surface area contributed by atoms with E-state index in [2.05, 4.69) is 35.0 Å². The molecule has 0 aliphatic carbocycles. The minimum Gasteiger partial charge on any atom is -0.383 e. The summed E-state index contributed by atoms with van der Waals surface area (Å²) in [6.45, 7) is 11.1. The van der Waals surface area contributed by atoms with Crippen molar-refractivity contribution in [3.8, 4) is 6.07 Å². The molecule has 0 spiro atoms. The SMILES string of the molecule is CCN1CCN(C(C)CNc2ccc(C#N)c(Cl)c2)CC1. The third-order valence-electron chi connectivity index (χ3n) is 4.17. The van der Waals surface area contributed by atoms with Crippen molar-refractivity contribution >= 4 is 17.3 Å². The van der Waals surface area contributed by atoms with Gasteiger partial charge in [0.15, 0.2) is 0 Å². The average molecular weight is 307 g/mol. The normalized spacial score (nSPS) is 18.2. The highest BCUT2D eigenvalue weighted by Crippen LogP contribution is 2.20. The highest BCUT2D eigenvalue weighted by Gasteiger charge is 2.19. The van der Waals surface area contributed by atoms with Crippen LogP contribution in [0.3, 0.4) is 0 Å². The molecule has 114 valence electrons. The Morgan fingerprint density at radius 2 is 2.05 bits per heavy atom. The Hall–Kier alpha value is -1.28. The zero-order chi connectivity index (χ0) is 15.2. The molecule has 1 N–H and O–H groups in total. The first-order valence-electron chi connectivity index (χ1n) is 7.54. The summed E-state index contributed by atoms with van der Waals surface area (Å²) >= 11 is 6.05. The Bertz CT molecular complexity index is 503. The van der Waals surface area contributed by atoms with E-state index in [0.29, 0.717) is 16.6 Å². The van der Waals surface area contributed by atoms with E-state index in [1.165, 1.54) is 0 Å². The monoisotopic (exact) mass is 306 g/mol. The number of piperazine rings is 1. The van der Waals surface area contributed by atoms with Gasteiger partial charge in [-0.25, -0.2) is 0 Å². The van der Waals surface area contributed by atoms with Gasteiger partial charge in [-0.3, -0.25) is 4.90 Å².